The Bertz CT molecular complexity index is 1340. The molecule has 4 rings (SSSR count). The fourth-order valence-corrected chi connectivity index (χ4v) is 3.46. The third-order valence-electron chi connectivity index (χ3n) is 4.67. The Hall–Kier alpha value is -3.26. The minimum Gasteiger partial charge on any atom is -0.320 e. The summed E-state index contributed by atoms with van der Waals surface area (Å²) in [5, 5.41) is 0.407. The van der Waals surface area contributed by atoms with Crippen molar-refractivity contribution in [2.75, 3.05) is 0 Å². The lowest BCUT2D eigenvalue weighted by Crippen LogP contribution is -2.39. The number of benzene rings is 2. The van der Waals surface area contributed by atoms with Gasteiger partial charge >= 0.3 is 5.69 Å². The van der Waals surface area contributed by atoms with Crippen LogP contribution in [0.4, 0.5) is 8.78 Å². The van der Waals surface area contributed by atoms with E-state index in [4.69, 9.17) is 11.6 Å². The molecular weight excluding hydrogens is 402 g/mol. The maximum absolute atomic E-state index is 14.1. The molecule has 0 amide bonds. The van der Waals surface area contributed by atoms with E-state index in [9.17, 15) is 18.4 Å². The van der Waals surface area contributed by atoms with Gasteiger partial charge in [-0.1, -0.05) is 23.7 Å². The van der Waals surface area contributed by atoms with E-state index in [1.54, 1.807) is 31.2 Å². The van der Waals surface area contributed by atoms with Gasteiger partial charge in [0.15, 0.2) is 11.2 Å². The molecule has 0 fully saturated rings. The summed E-state index contributed by atoms with van der Waals surface area (Å²) in [7, 11) is 0. The van der Waals surface area contributed by atoms with E-state index in [2.05, 4.69) is 4.98 Å². The van der Waals surface area contributed by atoms with E-state index in [-0.39, 0.29) is 29.8 Å². The second-order valence-corrected chi connectivity index (χ2v) is 6.83. The highest BCUT2D eigenvalue weighted by Crippen LogP contribution is 2.19. The van der Waals surface area contributed by atoms with Crippen LogP contribution in [0.15, 0.2) is 58.4 Å². The molecule has 0 saturated carbocycles. The van der Waals surface area contributed by atoms with Crippen LogP contribution in [-0.4, -0.2) is 18.7 Å². The fraction of sp³-hybridized carbons (Fsp3) is 0.150. The molecule has 2 aromatic carbocycles. The summed E-state index contributed by atoms with van der Waals surface area (Å²) in [5.41, 5.74) is -0.779. The molecule has 29 heavy (non-hydrogen) atoms. The van der Waals surface area contributed by atoms with Crippen molar-refractivity contribution in [1.29, 1.82) is 0 Å². The Kier molecular flexibility index (Phi) is 4.79. The molecule has 6 nitrogen and oxygen atoms in total. The normalized spacial score (nSPS) is 11.3. The van der Waals surface area contributed by atoms with Crippen LogP contribution in [0.25, 0.3) is 16.9 Å². The van der Waals surface area contributed by atoms with Crippen molar-refractivity contribution >= 4 is 22.8 Å². The summed E-state index contributed by atoms with van der Waals surface area (Å²) in [4.78, 5) is 30.1. The smallest absolute Gasteiger partial charge is 0.320 e. The Morgan fingerprint density at radius 2 is 1.76 bits per heavy atom. The molecule has 4 aromatic rings. The maximum atomic E-state index is 14.1. The predicted octanol–water partition coefficient (Wildman–Crippen LogP) is 3.35. The molecule has 0 unspecified atom stereocenters. The van der Waals surface area contributed by atoms with Crippen LogP contribution in [0.5, 0.6) is 0 Å². The number of nitrogens with zero attached hydrogens (tertiary/aromatic N) is 4. The van der Waals surface area contributed by atoms with Gasteiger partial charge in [-0.25, -0.2) is 23.1 Å². The third-order valence-corrected chi connectivity index (χ3v) is 4.91. The van der Waals surface area contributed by atoms with Crippen molar-refractivity contribution in [3.05, 3.63) is 91.9 Å². The second-order valence-electron chi connectivity index (χ2n) is 6.39. The van der Waals surface area contributed by atoms with Crippen molar-refractivity contribution in [3.8, 4) is 5.69 Å². The summed E-state index contributed by atoms with van der Waals surface area (Å²) in [6.07, 6.45) is 1.29. The third kappa shape index (κ3) is 3.15. The minimum absolute atomic E-state index is 0.0640. The van der Waals surface area contributed by atoms with Crippen molar-refractivity contribution < 1.29 is 8.78 Å². The standard InChI is InChI=1S/C20H15ClF2N4O2/c1-2-26-19(28)17-18(27(20(26)29)13-6-3-5-12(21)9-13)24-11-25(17)10-14-15(22)7-4-8-16(14)23/h3-9,11H,2,10H2,1H3. The molecule has 9 heteroatoms. The molecule has 0 radical (unpaired) electrons. The number of hydrogen-bond donors (Lipinski definition) is 0. The van der Waals surface area contributed by atoms with E-state index in [1.165, 1.54) is 21.5 Å². The van der Waals surface area contributed by atoms with Crippen molar-refractivity contribution in [1.82, 2.24) is 18.7 Å². The molecule has 0 aliphatic heterocycles. The van der Waals surface area contributed by atoms with Gasteiger partial charge in [0.05, 0.1) is 18.6 Å². The SMILES string of the molecule is CCn1c(=O)c2c(ncn2Cc2c(F)cccc2F)n(-c2cccc(Cl)c2)c1=O. The second kappa shape index (κ2) is 7.29. The Balaban J connectivity index is 2.02. The van der Waals surface area contributed by atoms with Crippen LogP contribution in [-0.2, 0) is 13.1 Å². The van der Waals surface area contributed by atoms with Gasteiger partial charge in [0.25, 0.3) is 5.56 Å². The average Bonchev–Trinajstić information content (AvgIpc) is 3.09. The van der Waals surface area contributed by atoms with Gasteiger partial charge in [-0.15, -0.1) is 0 Å². The summed E-state index contributed by atoms with van der Waals surface area (Å²) < 4.78 is 31.9. The summed E-state index contributed by atoms with van der Waals surface area (Å²) in [5.74, 6) is -1.46. The van der Waals surface area contributed by atoms with E-state index in [1.807, 2.05) is 0 Å². The van der Waals surface area contributed by atoms with Gasteiger partial charge in [0.2, 0.25) is 0 Å². The first-order valence-corrected chi connectivity index (χ1v) is 9.19. The molecule has 0 N–H and O–H groups in total. The van der Waals surface area contributed by atoms with Crippen LogP contribution in [0, 0.1) is 11.6 Å². The molecular formula is C20H15ClF2N4O2. The highest BCUT2D eigenvalue weighted by Gasteiger charge is 2.20. The molecule has 2 aromatic heterocycles. The lowest BCUT2D eigenvalue weighted by atomic mass is 10.2. The average molecular weight is 417 g/mol. The molecule has 0 atom stereocenters. The number of halogens is 3. The first-order chi connectivity index (χ1) is 13.9. The topological polar surface area (TPSA) is 61.8 Å². The Morgan fingerprint density at radius 3 is 2.41 bits per heavy atom. The van der Waals surface area contributed by atoms with Crippen LogP contribution >= 0.6 is 11.6 Å². The largest absolute Gasteiger partial charge is 0.337 e. The predicted molar refractivity (Wildman–Crippen MR) is 106 cm³/mol. The van der Waals surface area contributed by atoms with Crippen LogP contribution in [0.3, 0.4) is 0 Å². The van der Waals surface area contributed by atoms with Gasteiger partial charge in [-0.3, -0.25) is 9.36 Å². The lowest BCUT2D eigenvalue weighted by Gasteiger charge is -2.12. The fourth-order valence-electron chi connectivity index (χ4n) is 3.28. The quantitative estimate of drug-likeness (QED) is 0.512. The molecule has 0 aliphatic rings. The lowest BCUT2D eigenvalue weighted by molar-refractivity contribution is 0.546. The van der Waals surface area contributed by atoms with Crippen LogP contribution in [0.2, 0.25) is 5.02 Å². The molecule has 0 aliphatic carbocycles. The van der Waals surface area contributed by atoms with E-state index in [0.717, 1.165) is 16.7 Å². The van der Waals surface area contributed by atoms with Crippen LogP contribution in [0.1, 0.15) is 12.5 Å². The van der Waals surface area contributed by atoms with Gasteiger partial charge in [-0.2, -0.15) is 0 Å². The summed E-state index contributed by atoms with van der Waals surface area (Å²) >= 11 is 6.06. The molecule has 0 saturated heterocycles. The number of hydrogen-bond acceptors (Lipinski definition) is 3. The van der Waals surface area contributed by atoms with Gasteiger partial charge in [-0.05, 0) is 37.3 Å². The molecule has 2 heterocycles. The monoisotopic (exact) mass is 416 g/mol. The minimum atomic E-state index is -0.731. The Labute approximate surface area is 168 Å². The highest BCUT2D eigenvalue weighted by atomic mass is 35.5. The van der Waals surface area contributed by atoms with Gasteiger partial charge in [0.1, 0.15) is 11.6 Å². The zero-order valence-electron chi connectivity index (χ0n) is 15.3. The number of fused-ring (bicyclic) bond motifs is 1. The van der Waals surface area contributed by atoms with Crippen molar-refractivity contribution in [2.45, 2.75) is 20.0 Å². The zero-order chi connectivity index (χ0) is 20.7. The van der Waals surface area contributed by atoms with E-state index in [0.29, 0.717) is 10.7 Å². The highest BCUT2D eigenvalue weighted by molar-refractivity contribution is 6.30. The first kappa shape index (κ1) is 19.1. The number of aromatic nitrogens is 4. The molecule has 0 spiro atoms. The van der Waals surface area contributed by atoms with E-state index < -0.39 is 22.9 Å². The van der Waals surface area contributed by atoms with Crippen molar-refractivity contribution in [3.63, 3.8) is 0 Å². The number of imidazole rings is 1. The van der Waals surface area contributed by atoms with Crippen molar-refractivity contribution in [2.24, 2.45) is 0 Å². The van der Waals surface area contributed by atoms with Gasteiger partial charge < -0.3 is 4.57 Å². The van der Waals surface area contributed by atoms with Gasteiger partial charge in [0, 0.05) is 17.1 Å². The maximum Gasteiger partial charge on any atom is 0.337 e. The number of rotatable bonds is 4. The first-order valence-electron chi connectivity index (χ1n) is 8.82. The Morgan fingerprint density at radius 1 is 1.07 bits per heavy atom. The summed E-state index contributed by atoms with van der Waals surface area (Å²) in [6.45, 7) is 1.53. The summed E-state index contributed by atoms with van der Waals surface area (Å²) in [6, 6.07) is 10.1. The zero-order valence-corrected chi connectivity index (χ0v) is 16.0. The molecule has 148 valence electrons. The molecule has 0 bridgehead atoms. The van der Waals surface area contributed by atoms with Crippen LogP contribution < -0.4 is 11.2 Å². The van der Waals surface area contributed by atoms with E-state index >= 15 is 0 Å².